The minimum Gasteiger partial charge on any atom is -0.465 e. The molecule has 1 saturated carbocycles. The summed E-state index contributed by atoms with van der Waals surface area (Å²) in [6.07, 6.45) is 1.02. The molecule has 186 valence electrons. The van der Waals surface area contributed by atoms with Gasteiger partial charge >= 0.3 is 6.09 Å². The summed E-state index contributed by atoms with van der Waals surface area (Å²) in [5.74, 6) is 0.0659. The van der Waals surface area contributed by atoms with Gasteiger partial charge in [-0.1, -0.05) is 42.5 Å². The zero-order valence-corrected chi connectivity index (χ0v) is 20.7. The van der Waals surface area contributed by atoms with Gasteiger partial charge in [0.05, 0.1) is 28.9 Å². The smallest absolute Gasteiger partial charge is 0.413 e. The van der Waals surface area contributed by atoms with Crippen molar-refractivity contribution in [2.24, 2.45) is 0 Å². The van der Waals surface area contributed by atoms with E-state index in [-0.39, 0.29) is 30.3 Å². The second kappa shape index (κ2) is 8.93. The number of imide groups is 1. The summed E-state index contributed by atoms with van der Waals surface area (Å²) in [5, 5.41) is 15.0. The lowest BCUT2D eigenvalue weighted by Crippen LogP contribution is -2.38. The Morgan fingerprint density at radius 2 is 1.61 bits per heavy atom. The van der Waals surface area contributed by atoms with Crippen molar-refractivity contribution in [1.29, 1.82) is 0 Å². The molecule has 3 amide bonds. The maximum Gasteiger partial charge on any atom is 0.413 e. The first kappa shape index (κ1) is 23.8. The summed E-state index contributed by atoms with van der Waals surface area (Å²) in [4.78, 5) is 41.0. The Labute approximate surface area is 210 Å². The summed E-state index contributed by atoms with van der Waals surface area (Å²) in [5.41, 5.74) is 2.15. The molecule has 0 spiro atoms. The Morgan fingerprint density at radius 1 is 1.00 bits per heavy atom. The second-order valence-electron chi connectivity index (χ2n) is 10.6. The molecule has 8 nitrogen and oxygen atoms in total. The molecular formula is C28H30N4O4. The number of fused-ring (bicyclic) bond motifs is 1. The first-order chi connectivity index (χ1) is 17.1. The molecule has 2 aliphatic rings. The van der Waals surface area contributed by atoms with Crippen LogP contribution in [0.4, 0.5) is 10.6 Å². The number of aromatic nitrogens is 2. The fourth-order valence-electron chi connectivity index (χ4n) is 5.29. The highest BCUT2D eigenvalue weighted by molar-refractivity contribution is 6.21. The molecule has 0 bridgehead atoms. The van der Waals surface area contributed by atoms with Crippen LogP contribution in [0.15, 0.2) is 60.7 Å². The molecule has 2 atom stereocenters. The molecule has 5 rings (SSSR count). The van der Waals surface area contributed by atoms with Gasteiger partial charge in [-0.3, -0.25) is 19.4 Å². The van der Waals surface area contributed by atoms with E-state index in [1.807, 2.05) is 57.2 Å². The van der Waals surface area contributed by atoms with E-state index >= 15 is 0 Å². The number of carbonyl (C=O) groups excluding carboxylic acids is 2. The van der Waals surface area contributed by atoms with Crippen molar-refractivity contribution in [2.45, 2.75) is 64.1 Å². The molecule has 1 aromatic heterocycles. The number of hydrogen-bond acceptors (Lipinski definition) is 4. The number of anilines is 1. The largest absolute Gasteiger partial charge is 0.465 e. The van der Waals surface area contributed by atoms with Crippen molar-refractivity contribution >= 4 is 23.7 Å². The fourth-order valence-corrected chi connectivity index (χ4v) is 5.29. The van der Waals surface area contributed by atoms with Crippen molar-refractivity contribution in [2.75, 3.05) is 4.90 Å². The van der Waals surface area contributed by atoms with E-state index in [1.54, 1.807) is 28.9 Å². The summed E-state index contributed by atoms with van der Waals surface area (Å²) in [6, 6.07) is 18.1. The normalized spacial score (nSPS) is 19.6. The molecule has 0 saturated heterocycles. The average Bonchev–Trinajstić information content (AvgIpc) is 3.55. The number of rotatable bonds is 5. The molecule has 0 radical (unpaired) electrons. The van der Waals surface area contributed by atoms with Gasteiger partial charge in [0.1, 0.15) is 5.82 Å². The van der Waals surface area contributed by atoms with Gasteiger partial charge < -0.3 is 5.11 Å². The van der Waals surface area contributed by atoms with Crippen molar-refractivity contribution in [3.63, 3.8) is 0 Å². The monoisotopic (exact) mass is 486 g/mol. The number of nitrogens with zero attached hydrogens (tertiary/aromatic N) is 4. The fraction of sp³-hybridized carbons (Fsp3) is 0.357. The van der Waals surface area contributed by atoms with Crippen LogP contribution in [0.2, 0.25) is 0 Å². The van der Waals surface area contributed by atoms with Gasteiger partial charge in [0.2, 0.25) is 0 Å². The standard InChI is InChI=1S/C28H30N4O4/c1-28(2,3)32-24(30(27(35)36)17-18-9-5-4-6-10-18)16-23(29-32)19-13-14-20(15-19)31-25(33)21-11-7-8-12-22(21)26(31)34/h4-12,16,19-20H,13-15,17H2,1-3H3,(H,35,36)/t19-,20+/m0/s1. The molecule has 2 heterocycles. The van der Waals surface area contributed by atoms with E-state index in [0.717, 1.165) is 17.7 Å². The number of carboxylic acid groups (broad SMARTS) is 1. The molecular weight excluding hydrogens is 456 g/mol. The zero-order chi connectivity index (χ0) is 25.6. The molecule has 1 N–H and O–H groups in total. The Morgan fingerprint density at radius 3 is 2.19 bits per heavy atom. The number of hydrogen-bond donors (Lipinski definition) is 1. The summed E-state index contributed by atoms with van der Waals surface area (Å²) in [6.45, 7) is 6.18. The van der Waals surface area contributed by atoms with E-state index < -0.39 is 11.6 Å². The van der Waals surface area contributed by atoms with Crippen molar-refractivity contribution in [3.8, 4) is 0 Å². The molecule has 2 aromatic carbocycles. The molecule has 0 unspecified atom stereocenters. The van der Waals surface area contributed by atoms with Crippen LogP contribution in [0.5, 0.6) is 0 Å². The molecule has 1 aliphatic carbocycles. The first-order valence-corrected chi connectivity index (χ1v) is 12.3. The third-order valence-electron chi connectivity index (χ3n) is 7.05. The molecule has 1 fully saturated rings. The summed E-state index contributed by atoms with van der Waals surface area (Å²) >= 11 is 0. The van der Waals surface area contributed by atoms with E-state index in [0.29, 0.717) is 29.8 Å². The number of benzene rings is 2. The van der Waals surface area contributed by atoms with Gasteiger partial charge in [-0.05, 0) is 57.7 Å². The Kier molecular flexibility index (Phi) is 5.90. The van der Waals surface area contributed by atoms with E-state index in [4.69, 9.17) is 5.10 Å². The van der Waals surface area contributed by atoms with Gasteiger partial charge in [-0.2, -0.15) is 5.10 Å². The summed E-state index contributed by atoms with van der Waals surface area (Å²) in [7, 11) is 0. The van der Waals surface area contributed by atoms with E-state index in [1.165, 1.54) is 9.80 Å². The van der Waals surface area contributed by atoms with Crippen molar-refractivity contribution in [3.05, 3.63) is 83.0 Å². The lowest BCUT2D eigenvalue weighted by atomic mass is 10.0. The Balaban J connectivity index is 1.42. The van der Waals surface area contributed by atoms with Gasteiger partial charge in [-0.15, -0.1) is 0 Å². The lowest BCUT2D eigenvalue weighted by molar-refractivity contribution is 0.0586. The van der Waals surface area contributed by atoms with Crippen LogP contribution in [0.1, 0.15) is 77.9 Å². The molecule has 3 aromatic rings. The van der Waals surface area contributed by atoms with Crippen molar-refractivity contribution in [1.82, 2.24) is 14.7 Å². The minimum atomic E-state index is -1.05. The molecule has 36 heavy (non-hydrogen) atoms. The molecule has 1 aliphatic heterocycles. The predicted octanol–water partition coefficient (Wildman–Crippen LogP) is 5.26. The first-order valence-electron chi connectivity index (χ1n) is 12.3. The van der Waals surface area contributed by atoms with Crippen LogP contribution < -0.4 is 4.90 Å². The zero-order valence-electron chi connectivity index (χ0n) is 20.7. The lowest BCUT2D eigenvalue weighted by Gasteiger charge is -2.27. The number of amides is 3. The third-order valence-corrected chi connectivity index (χ3v) is 7.05. The third kappa shape index (κ3) is 4.17. The molecule has 8 heteroatoms. The van der Waals surface area contributed by atoms with E-state index in [2.05, 4.69) is 0 Å². The second-order valence-corrected chi connectivity index (χ2v) is 10.6. The van der Waals surface area contributed by atoms with Crippen LogP contribution >= 0.6 is 0 Å². The Hall–Kier alpha value is -3.94. The average molecular weight is 487 g/mol. The predicted molar refractivity (Wildman–Crippen MR) is 135 cm³/mol. The van der Waals surface area contributed by atoms with Gasteiger partial charge in [-0.25, -0.2) is 9.48 Å². The topological polar surface area (TPSA) is 95.7 Å². The Bertz CT molecular complexity index is 1290. The number of carbonyl (C=O) groups is 3. The van der Waals surface area contributed by atoms with Crippen LogP contribution in [-0.4, -0.2) is 43.7 Å². The maximum absolute atomic E-state index is 13.0. The maximum atomic E-state index is 13.0. The highest BCUT2D eigenvalue weighted by Gasteiger charge is 2.43. The highest BCUT2D eigenvalue weighted by atomic mass is 16.4. The van der Waals surface area contributed by atoms with Gasteiger partial charge in [0, 0.05) is 18.0 Å². The highest BCUT2D eigenvalue weighted by Crippen LogP contribution is 2.41. The van der Waals surface area contributed by atoms with E-state index in [9.17, 15) is 19.5 Å². The van der Waals surface area contributed by atoms with Crippen molar-refractivity contribution < 1.29 is 19.5 Å². The van der Waals surface area contributed by atoms with Crippen LogP contribution in [-0.2, 0) is 12.1 Å². The van der Waals surface area contributed by atoms with Crippen LogP contribution in [0.3, 0.4) is 0 Å². The van der Waals surface area contributed by atoms with Crippen LogP contribution in [0, 0.1) is 0 Å². The SMILES string of the molecule is CC(C)(C)n1nc([C@H]2CC[C@@H](N3C(=O)c4ccccc4C3=O)C2)cc1N(Cc1ccccc1)C(=O)O. The quantitative estimate of drug-likeness (QED) is 0.497. The van der Waals surface area contributed by atoms with Gasteiger partial charge in [0.25, 0.3) is 11.8 Å². The summed E-state index contributed by atoms with van der Waals surface area (Å²) < 4.78 is 1.77. The van der Waals surface area contributed by atoms with Gasteiger partial charge in [0.15, 0.2) is 0 Å². The minimum absolute atomic E-state index is 0.0223. The van der Waals surface area contributed by atoms with Crippen LogP contribution in [0.25, 0.3) is 0 Å².